The summed E-state index contributed by atoms with van der Waals surface area (Å²) in [7, 11) is 4.37. The Balaban J connectivity index is 2.00. The first-order valence-corrected chi connectivity index (χ1v) is 10.8. The van der Waals surface area contributed by atoms with Gasteiger partial charge in [0.15, 0.2) is 0 Å². The molecule has 1 N–H and O–H groups in total. The van der Waals surface area contributed by atoms with E-state index in [0.717, 1.165) is 29.7 Å². The minimum atomic E-state index is -0.427. The highest BCUT2D eigenvalue weighted by Crippen LogP contribution is 2.45. The molecule has 30 heavy (non-hydrogen) atoms. The average Bonchev–Trinajstić information content (AvgIpc) is 3.08. The maximum absolute atomic E-state index is 13.2. The minimum Gasteiger partial charge on any atom is -0.496 e. The Morgan fingerprint density at radius 2 is 1.70 bits per heavy atom. The van der Waals surface area contributed by atoms with Crippen LogP contribution in [-0.4, -0.2) is 33.2 Å². The molecule has 0 saturated heterocycles. The molecule has 0 saturated carbocycles. The zero-order valence-corrected chi connectivity index (χ0v) is 19.2. The Hall–Kier alpha value is -2.54. The van der Waals surface area contributed by atoms with E-state index in [2.05, 4.69) is 26.1 Å². The van der Waals surface area contributed by atoms with Crippen molar-refractivity contribution in [3.8, 4) is 11.5 Å². The van der Waals surface area contributed by atoms with E-state index in [0.29, 0.717) is 28.0 Å². The number of anilines is 1. The number of carbonyl (C=O) groups excluding carboxylic acids is 2. The Kier molecular flexibility index (Phi) is 6.41. The lowest BCUT2D eigenvalue weighted by molar-refractivity contribution is 0.0600. The monoisotopic (exact) mass is 431 g/mol. The lowest BCUT2D eigenvalue weighted by Gasteiger charge is -2.33. The topological polar surface area (TPSA) is 73.9 Å². The number of ether oxygens (including phenoxy) is 3. The molecule has 6 nitrogen and oxygen atoms in total. The molecule has 0 radical (unpaired) electrons. The summed E-state index contributed by atoms with van der Waals surface area (Å²) in [4.78, 5) is 26.9. The summed E-state index contributed by atoms with van der Waals surface area (Å²) in [6.07, 6.45) is 2.69. The van der Waals surface area contributed by atoms with Crippen LogP contribution in [0.2, 0.25) is 0 Å². The van der Waals surface area contributed by atoms with Crippen molar-refractivity contribution in [2.45, 2.75) is 40.0 Å². The van der Waals surface area contributed by atoms with Crippen LogP contribution in [0.3, 0.4) is 0 Å². The van der Waals surface area contributed by atoms with Crippen LogP contribution in [0.25, 0.3) is 0 Å². The molecule has 1 aromatic heterocycles. The van der Waals surface area contributed by atoms with Gasteiger partial charge in [0.2, 0.25) is 0 Å². The molecule has 0 fully saturated rings. The van der Waals surface area contributed by atoms with E-state index >= 15 is 0 Å². The third-order valence-electron chi connectivity index (χ3n) is 5.76. The summed E-state index contributed by atoms with van der Waals surface area (Å²) in [5, 5.41) is 3.43. The number of thiophene rings is 1. The first kappa shape index (κ1) is 22.2. The summed E-state index contributed by atoms with van der Waals surface area (Å²) in [5.41, 5.74) is 1.93. The van der Waals surface area contributed by atoms with Crippen molar-refractivity contribution in [2.75, 3.05) is 26.6 Å². The van der Waals surface area contributed by atoms with Gasteiger partial charge in [0.05, 0.1) is 26.9 Å². The van der Waals surface area contributed by atoms with Gasteiger partial charge < -0.3 is 19.5 Å². The highest BCUT2D eigenvalue weighted by atomic mass is 32.1. The largest absolute Gasteiger partial charge is 0.496 e. The molecule has 0 bridgehead atoms. The fourth-order valence-electron chi connectivity index (χ4n) is 3.97. The zero-order valence-electron chi connectivity index (χ0n) is 18.4. The molecule has 1 amide bonds. The number of fused-ring (bicyclic) bond motifs is 1. The smallest absolute Gasteiger partial charge is 0.341 e. The molecule has 1 aliphatic carbocycles. The van der Waals surface area contributed by atoms with Crippen LogP contribution in [-0.2, 0) is 17.6 Å². The summed E-state index contributed by atoms with van der Waals surface area (Å²) in [5.74, 6) is 0.512. The maximum Gasteiger partial charge on any atom is 0.341 e. The Morgan fingerprint density at radius 3 is 2.23 bits per heavy atom. The molecule has 1 aliphatic rings. The van der Waals surface area contributed by atoms with Gasteiger partial charge >= 0.3 is 5.97 Å². The predicted octanol–water partition coefficient (Wildman–Crippen LogP) is 4.96. The van der Waals surface area contributed by atoms with Gasteiger partial charge in [-0.1, -0.05) is 26.8 Å². The van der Waals surface area contributed by atoms with E-state index in [4.69, 9.17) is 14.2 Å². The molecule has 3 rings (SSSR count). The molecule has 0 spiro atoms. The normalized spacial score (nSPS) is 15.9. The number of hydrogen-bond acceptors (Lipinski definition) is 6. The van der Waals surface area contributed by atoms with Crippen molar-refractivity contribution in [3.05, 3.63) is 39.8 Å². The summed E-state index contributed by atoms with van der Waals surface area (Å²) < 4.78 is 15.7. The van der Waals surface area contributed by atoms with Gasteiger partial charge in [-0.05, 0) is 48.3 Å². The molecular formula is C23H29NO5S. The third kappa shape index (κ3) is 4.17. The number of rotatable bonds is 5. The van der Waals surface area contributed by atoms with Crippen molar-refractivity contribution >= 4 is 28.2 Å². The number of amides is 1. The summed E-state index contributed by atoms with van der Waals surface area (Å²) in [6, 6.07) is 5.16. The second kappa shape index (κ2) is 8.68. The van der Waals surface area contributed by atoms with Gasteiger partial charge in [-0.25, -0.2) is 4.79 Å². The first-order chi connectivity index (χ1) is 14.2. The van der Waals surface area contributed by atoms with Crippen molar-refractivity contribution in [2.24, 2.45) is 11.3 Å². The van der Waals surface area contributed by atoms with Gasteiger partial charge in [0.25, 0.3) is 5.91 Å². The number of methoxy groups -OCH3 is 3. The quantitative estimate of drug-likeness (QED) is 0.678. The van der Waals surface area contributed by atoms with Gasteiger partial charge in [0, 0.05) is 4.88 Å². The van der Waals surface area contributed by atoms with E-state index in [1.165, 1.54) is 32.7 Å². The Morgan fingerprint density at radius 1 is 1.07 bits per heavy atom. The molecule has 7 heteroatoms. The van der Waals surface area contributed by atoms with Crippen molar-refractivity contribution in [1.82, 2.24) is 0 Å². The molecule has 2 aromatic rings. The van der Waals surface area contributed by atoms with Crippen LogP contribution >= 0.6 is 11.3 Å². The first-order valence-electron chi connectivity index (χ1n) is 9.96. The Bertz CT molecular complexity index is 935. The van der Waals surface area contributed by atoms with Gasteiger partial charge in [-0.3, -0.25) is 4.79 Å². The van der Waals surface area contributed by atoms with Gasteiger partial charge in [0.1, 0.15) is 22.1 Å². The molecule has 1 atom stereocenters. The maximum atomic E-state index is 13.2. The van der Waals surface area contributed by atoms with Crippen LogP contribution in [0.5, 0.6) is 11.5 Å². The second-order valence-corrected chi connectivity index (χ2v) is 9.60. The number of esters is 1. The predicted molar refractivity (Wildman–Crippen MR) is 118 cm³/mol. The van der Waals surface area contributed by atoms with Crippen molar-refractivity contribution < 1.29 is 23.8 Å². The summed E-state index contributed by atoms with van der Waals surface area (Å²) in [6.45, 7) is 6.73. The molecule has 0 aliphatic heterocycles. The van der Waals surface area contributed by atoms with Crippen molar-refractivity contribution in [3.63, 3.8) is 0 Å². The van der Waals surface area contributed by atoms with E-state index in [1.807, 2.05) is 0 Å². The lowest BCUT2D eigenvalue weighted by atomic mass is 9.72. The lowest BCUT2D eigenvalue weighted by Crippen LogP contribution is -2.26. The van der Waals surface area contributed by atoms with Crippen molar-refractivity contribution in [1.29, 1.82) is 0 Å². The molecular weight excluding hydrogens is 402 g/mol. The van der Waals surface area contributed by atoms with Gasteiger partial charge in [-0.15, -0.1) is 11.3 Å². The van der Waals surface area contributed by atoms with E-state index in [9.17, 15) is 9.59 Å². The number of benzene rings is 1. The van der Waals surface area contributed by atoms with Gasteiger partial charge in [-0.2, -0.15) is 0 Å². The molecule has 162 valence electrons. The second-order valence-electron chi connectivity index (χ2n) is 8.50. The minimum absolute atomic E-state index is 0.182. The van der Waals surface area contributed by atoms with Crippen LogP contribution in [0.15, 0.2) is 18.2 Å². The standard InChI is InChI=1S/C23H29NO5S/c1-23(2,3)13-10-11-14-17(12-13)30-21(18(14)22(26)29-6)24-20(25)19-15(27-4)8-7-9-16(19)28-5/h7-9,13H,10-12H2,1-6H3,(H,24,25). The third-order valence-corrected chi connectivity index (χ3v) is 6.93. The Labute approximate surface area is 181 Å². The number of hydrogen-bond donors (Lipinski definition) is 1. The molecule has 1 unspecified atom stereocenters. The van der Waals surface area contributed by atoms with Crippen LogP contribution < -0.4 is 14.8 Å². The van der Waals surface area contributed by atoms with E-state index in [1.54, 1.807) is 18.2 Å². The molecule has 1 aromatic carbocycles. The van der Waals surface area contributed by atoms with E-state index < -0.39 is 5.97 Å². The number of carbonyl (C=O) groups is 2. The van der Waals surface area contributed by atoms with Crippen LogP contribution in [0.1, 0.15) is 58.3 Å². The van der Waals surface area contributed by atoms with Crippen LogP contribution in [0, 0.1) is 11.3 Å². The fourth-order valence-corrected chi connectivity index (χ4v) is 5.28. The van der Waals surface area contributed by atoms with Crippen LogP contribution in [0.4, 0.5) is 5.00 Å². The zero-order chi connectivity index (χ0) is 22.1. The molecule has 1 heterocycles. The highest BCUT2D eigenvalue weighted by molar-refractivity contribution is 7.17. The average molecular weight is 432 g/mol. The highest BCUT2D eigenvalue weighted by Gasteiger charge is 2.34. The SMILES string of the molecule is COC(=O)c1c(NC(=O)c2c(OC)cccc2OC)sc2c1CCC(C(C)(C)C)C2. The number of nitrogens with one attached hydrogen (secondary N) is 1. The fraction of sp³-hybridized carbons (Fsp3) is 0.478. The van der Waals surface area contributed by atoms with E-state index in [-0.39, 0.29) is 16.9 Å². The summed E-state index contributed by atoms with van der Waals surface area (Å²) >= 11 is 1.46.